The summed E-state index contributed by atoms with van der Waals surface area (Å²) >= 11 is 0. The third-order valence-electron chi connectivity index (χ3n) is 2.59. The first-order valence-corrected chi connectivity index (χ1v) is 6.01. The SMILES string of the molecule is COc1ccc(COCCCC(F)(F)F)cc1B(O)O. The number of hydrogen-bond acceptors (Lipinski definition) is 4. The molecule has 1 aromatic rings. The maximum Gasteiger partial charge on any atom is 0.492 e. The van der Waals surface area contributed by atoms with Gasteiger partial charge in [-0.1, -0.05) is 12.1 Å². The molecule has 8 heteroatoms. The second kappa shape index (κ2) is 7.51. The zero-order valence-electron chi connectivity index (χ0n) is 11.0. The highest BCUT2D eigenvalue weighted by atomic mass is 19.4. The molecule has 2 N–H and O–H groups in total. The van der Waals surface area contributed by atoms with Gasteiger partial charge in [-0.3, -0.25) is 0 Å². The highest BCUT2D eigenvalue weighted by Crippen LogP contribution is 2.21. The number of halogens is 3. The lowest BCUT2D eigenvalue weighted by atomic mass is 9.79. The van der Waals surface area contributed by atoms with Crippen LogP contribution in [0, 0.1) is 0 Å². The van der Waals surface area contributed by atoms with Crippen molar-refractivity contribution in [3.05, 3.63) is 23.8 Å². The van der Waals surface area contributed by atoms with Crippen LogP contribution >= 0.6 is 0 Å². The van der Waals surface area contributed by atoms with Crippen molar-refractivity contribution >= 4 is 12.6 Å². The molecule has 20 heavy (non-hydrogen) atoms. The van der Waals surface area contributed by atoms with E-state index in [0.29, 0.717) is 11.3 Å². The van der Waals surface area contributed by atoms with Crippen LogP contribution in [0.15, 0.2) is 18.2 Å². The third kappa shape index (κ3) is 5.81. The third-order valence-corrected chi connectivity index (χ3v) is 2.59. The van der Waals surface area contributed by atoms with E-state index in [0.717, 1.165) is 0 Å². The molecule has 0 spiro atoms. The summed E-state index contributed by atoms with van der Waals surface area (Å²) in [6.45, 7) is 0.0874. The van der Waals surface area contributed by atoms with E-state index >= 15 is 0 Å². The lowest BCUT2D eigenvalue weighted by Gasteiger charge is -2.11. The Kier molecular flexibility index (Phi) is 6.32. The van der Waals surface area contributed by atoms with Crippen LogP contribution < -0.4 is 10.2 Å². The van der Waals surface area contributed by atoms with E-state index in [1.807, 2.05) is 0 Å². The summed E-state index contributed by atoms with van der Waals surface area (Å²) < 4.78 is 45.8. The van der Waals surface area contributed by atoms with E-state index in [1.54, 1.807) is 12.1 Å². The molecule has 0 saturated heterocycles. The number of methoxy groups -OCH3 is 1. The first kappa shape index (κ1) is 16.8. The molecule has 0 bridgehead atoms. The van der Waals surface area contributed by atoms with Crippen molar-refractivity contribution in [3.63, 3.8) is 0 Å². The van der Waals surface area contributed by atoms with Crippen LogP contribution in [-0.2, 0) is 11.3 Å². The van der Waals surface area contributed by atoms with Crippen molar-refractivity contribution < 1.29 is 32.7 Å². The standard InChI is InChI=1S/C12H16BF3O4/c1-19-11-4-3-9(7-10(11)13(17)18)8-20-6-2-5-12(14,15)16/h3-4,7,17-18H,2,5-6,8H2,1H3. The van der Waals surface area contributed by atoms with Gasteiger partial charge in [0.25, 0.3) is 0 Å². The monoisotopic (exact) mass is 292 g/mol. The average molecular weight is 292 g/mol. The number of benzene rings is 1. The van der Waals surface area contributed by atoms with E-state index in [-0.39, 0.29) is 25.1 Å². The Morgan fingerprint density at radius 1 is 1.25 bits per heavy atom. The van der Waals surface area contributed by atoms with E-state index < -0.39 is 19.7 Å². The predicted octanol–water partition coefficient (Wildman–Crippen LogP) is 1.23. The molecule has 1 rings (SSSR count). The Morgan fingerprint density at radius 2 is 1.95 bits per heavy atom. The van der Waals surface area contributed by atoms with Crippen molar-refractivity contribution in [1.82, 2.24) is 0 Å². The fourth-order valence-electron chi connectivity index (χ4n) is 1.64. The number of alkyl halides is 3. The van der Waals surface area contributed by atoms with Crippen molar-refractivity contribution in [2.45, 2.75) is 25.6 Å². The van der Waals surface area contributed by atoms with Crippen LogP contribution in [0.5, 0.6) is 5.75 Å². The minimum Gasteiger partial charge on any atom is -0.497 e. The van der Waals surface area contributed by atoms with Gasteiger partial charge in [-0.25, -0.2) is 0 Å². The minimum atomic E-state index is -4.17. The van der Waals surface area contributed by atoms with Gasteiger partial charge in [0.05, 0.1) is 13.7 Å². The molecule has 112 valence electrons. The summed E-state index contributed by atoms with van der Waals surface area (Å²) in [6.07, 6.45) is -5.15. The van der Waals surface area contributed by atoms with E-state index in [9.17, 15) is 13.2 Å². The molecule has 0 aliphatic carbocycles. The molecule has 0 radical (unpaired) electrons. The number of rotatable bonds is 7. The lowest BCUT2D eigenvalue weighted by Crippen LogP contribution is -2.31. The summed E-state index contributed by atoms with van der Waals surface area (Å²) in [7, 11) is -0.288. The average Bonchev–Trinajstić information content (AvgIpc) is 2.36. The van der Waals surface area contributed by atoms with Gasteiger partial charge in [-0.15, -0.1) is 0 Å². The van der Waals surface area contributed by atoms with Crippen LogP contribution in [-0.4, -0.2) is 37.1 Å². The lowest BCUT2D eigenvalue weighted by molar-refractivity contribution is -0.138. The maximum atomic E-state index is 11.9. The van der Waals surface area contributed by atoms with Crippen LogP contribution in [0.2, 0.25) is 0 Å². The van der Waals surface area contributed by atoms with Gasteiger partial charge >= 0.3 is 13.3 Å². The molecule has 4 nitrogen and oxygen atoms in total. The van der Waals surface area contributed by atoms with Crippen LogP contribution in [0.4, 0.5) is 13.2 Å². The summed E-state index contributed by atoms with van der Waals surface area (Å²) in [5, 5.41) is 18.3. The largest absolute Gasteiger partial charge is 0.497 e. The van der Waals surface area contributed by atoms with Crippen LogP contribution in [0.1, 0.15) is 18.4 Å². The zero-order valence-corrected chi connectivity index (χ0v) is 11.0. The highest BCUT2D eigenvalue weighted by Gasteiger charge is 2.25. The second-order valence-electron chi connectivity index (χ2n) is 4.22. The molecule has 0 unspecified atom stereocenters. The highest BCUT2D eigenvalue weighted by molar-refractivity contribution is 6.59. The summed E-state index contributed by atoms with van der Waals surface area (Å²) in [5.74, 6) is 0.320. The Bertz CT molecular complexity index is 424. The Hall–Kier alpha value is -1.25. The molecular weight excluding hydrogens is 276 g/mol. The molecule has 0 saturated carbocycles. The number of ether oxygens (including phenoxy) is 2. The molecule has 0 atom stereocenters. The van der Waals surface area contributed by atoms with Crippen molar-refractivity contribution in [1.29, 1.82) is 0 Å². The molecule has 0 amide bonds. The number of hydrogen-bond donors (Lipinski definition) is 2. The van der Waals surface area contributed by atoms with E-state index in [2.05, 4.69) is 0 Å². The van der Waals surface area contributed by atoms with Gasteiger partial charge in [0.2, 0.25) is 0 Å². The maximum absolute atomic E-state index is 11.9. The van der Waals surface area contributed by atoms with Gasteiger partial charge in [0.1, 0.15) is 5.75 Å². The van der Waals surface area contributed by atoms with Gasteiger partial charge in [-0.05, 0) is 18.1 Å². The molecule has 0 fully saturated rings. The quantitative estimate of drug-likeness (QED) is 0.586. The summed E-state index contributed by atoms with van der Waals surface area (Å²) in [4.78, 5) is 0. The van der Waals surface area contributed by atoms with Crippen LogP contribution in [0.3, 0.4) is 0 Å². The Morgan fingerprint density at radius 3 is 2.50 bits per heavy atom. The molecule has 0 aromatic heterocycles. The smallest absolute Gasteiger partial charge is 0.492 e. The molecule has 1 aromatic carbocycles. The fourth-order valence-corrected chi connectivity index (χ4v) is 1.64. The van der Waals surface area contributed by atoms with Gasteiger partial charge in [0, 0.05) is 18.5 Å². The summed E-state index contributed by atoms with van der Waals surface area (Å²) in [5.41, 5.74) is 0.810. The molecule has 0 aliphatic heterocycles. The van der Waals surface area contributed by atoms with Crippen LogP contribution in [0.25, 0.3) is 0 Å². The Labute approximate surface area is 115 Å². The molecule has 0 aliphatic rings. The molecular formula is C12H16BF3O4. The van der Waals surface area contributed by atoms with Gasteiger partial charge < -0.3 is 19.5 Å². The predicted molar refractivity (Wildman–Crippen MR) is 67.8 cm³/mol. The molecule has 0 heterocycles. The fraction of sp³-hybridized carbons (Fsp3) is 0.500. The van der Waals surface area contributed by atoms with E-state index in [4.69, 9.17) is 19.5 Å². The van der Waals surface area contributed by atoms with Crippen molar-refractivity contribution in [2.75, 3.05) is 13.7 Å². The normalized spacial score (nSPS) is 11.5. The minimum absolute atomic E-state index is 0.0114. The first-order valence-electron chi connectivity index (χ1n) is 6.01. The summed E-state index contributed by atoms with van der Waals surface area (Å²) in [6, 6.07) is 4.67. The zero-order chi connectivity index (χ0) is 15.2. The second-order valence-corrected chi connectivity index (χ2v) is 4.22. The Balaban J connectivity index is 2.47. The van der Waals surface area contributed by atoms with Crippen molar-refractivity contribution in [2.24, 2.45) is 0 Å². The van der Waals surface area contributed by atoms with Gasteiger partial charge in [0.15, 0.2) is 0 Å². The van der Waals surface area contributed by atoms with Gasteiger partial charge in [-0.2, -0.15) is 13.2 Å². The topological polar surface area (TPSA) is 58.9 Å². The first-order chi connectivity index (χ1) is 9.33. The van der Waals surface area contributed by atoms with E-state index in [1.165, 1.54) is 13.2 Å². The van der Waals surface area contributed by atoms with Crippen molar-refractivity contribution in [3.8, 4) is 5.75 Å².